The summed E-state index contributed by atoms with van der Waals surface area (Å²) in [5.74, 6) is 0.555. The van der Waals surface area contributed by atoms with Crippen molar-refractivity contribution < 1.29 is 14.9 Å². The molecule has 0 spiro atoms. The van der Waals surface area contributed by atoms with Gasteiger partial charge < -0.3 is 14.9 Å². The predicted octanol–water partition coefficient (Wildman–Crippen LogP) is -0.0677. The van der Waals surface area contributed by atoms with E-state index in [2.05, 4.69) is 0 Å². The van der Waals surface area contributed by atoms with Gasteiger partial charge in [-0.15, -0.1) is 0 Å². The Balaban J connectivity index is 2.13. The van der Waals surface area contributed by atoms with Gasteiger partial charge in [-0.3, -0.25) is 0 Å². The molecule has 1 saturated heterocycles. The Labute approximate surface area is 71.7 Å². The van der Waals surface area contributed by atoms with E-state index in [1.54, 1.807) is 6.08 Å². The van der Waals surface area contributed by atoms with Crippen LogP contribution >= 0.6 is 0 Å². The van der Waals surface area contributed by atoms with Gasteiger partial charge in [0.2, 0.25) is 0 Å². The molecule has 2 aliphatic rings. The number of hydrogen-bond acceptors (Lipinski definition) is 3. The van der Waals surface area contributed by atoms with Gasteiger partial charge in [-0.2, -0.15) is 0 Å². The maximum absolute atomic E-state index is 9.58. The lowest BCUT2D eigenvalue weighted by Crippen LogP contribution is -2.31. The highest BCUT2D eigenvalue weighted by molar-refractivity contribution is 5.20. The Morgan fingerprint density at radius 3 is 3.17 bits per heavy atom. The average molecular weight is 170 g/mol. The summed E-state index contributed by atoms with van der Waals surface area (Å²) in [4.78, 5) is 0. The minimum absolute atomic E-state index is 0.0571. The van der Waals surface area contributed by atoms with Crippen LogP contribution in [-0.2, 0) is 4.74 Å². The molecule has 12 heavy (non-hydrogen) atoms. The van der Waals surface area contributed by atoms with Gasteiger partial charge in [-0.1, -0.05) is 6.08 Å². The van der Waals surface area contributed by atoms with Gasteiger partial charge in [0.05, 0.1) is 19.3 Å². The SMILES string of the molecule is OCC1=C[C@@H](O)[C@@H]2CCOC[C@H]12. The van der Waals surface area contributed by atoms with Gasteiger partial charge in [-0.05, 0) is 17.9 Å². The second kappa shape index (κ2) is 3.17. The highest BCUT2D eigenvalue weighted by Gasteiger charge is 2.37. The molecule has 0 amide bonds. The maximum atomic E-state index is 9.58. The van der Waals surface area contributed by atoms with Crippen LogP contribution in [0.5, 0.6) is 0 Å². The molecule has 0 aromatic heterocycles. The van der Waals surface area contributed by atoms with Crippen molar-refractivity contribution in [3.8, 4) is 0 Å². The van der Waals surface area contributed by atoms with Crippen molar-refractivity contribution in [1.29, 1.82) is 0 Å². The molecule has 2 N–H and O–H groups in total. The largest absolute Gasteiger partial charge is 0.392 e. The van der Waals surface area contributed by atoms with E-state index in [0.29, 0.717) is 12.5 Å². The molecule has 0 radical (unpaired) electrons. The Kier molecular flexibility index (Phi) is 2.17. The number of ether oxygens (including phenoxy) is 1. The summed E-state index contributed by atoms with van der Waals surface area (Å²) in [6, 6.07) is 0. The van der Waals surface area contributed by atoms with Crippen molar-refractivity contribution in [3.63, 3.8) is 0 Å². The van der Waals surface area contributed by atoms with Crippen LogP contribution in [0.1, 0.15) is 6.42 Å². The van der Waals surface area contributed by atoms with Crippen molar-refractivity contribution in [2.75, 3.05) is 19.8 Å². The molecule has 0 bridgehead atoms. The van der Waals surface area contributed by atoms with Gasteiger partial charge in [-0.25, -0.2) is 0 Å². The minimum atomic E-state index is -0.360. The zero-order chi connectivity index (χ0) is 8.55. The fourth-order valence-corrected chi connectivity index (χ4v) is 2.18. The lowest BCUT2D eigenvalue weighted by Gasteiger charge is -2.28. The quantitative estimate of drug-likeness (QED) is 0.542. The van der Waals surface area contributed by atoms with Crippen molar-refractivity contribution in [2.45, 2.75) is 12.5 Å². The molecule has 0 unspecified atom stereocenters. The van der Waals surface area contributed by atoms with Crippen LogP contribution in [0.15, 0.2) is 11.6 Å². The van der Waals surface area contributed by atoms with E-state index in [1.807, 2.05) is 0 Å². The zero-order valence-corrected chi connectivity index (χ0v) is 6.94. The van der Waals surface area contributed by atoms with Gasteiger partial charge in [0.25, 0.3) is 0 Å². The van der Waals surface area contributed by atoms with Gasteiger partial charge in [0, 0.05) is 12.5 Å². The number of fused-ring (bicyclic) bond motifs is 1. The molecule has 0 aromatic rings. The number of hydrogen-bond donors (Lipinski definition) is 2. The number of aliphatic hydroxyl groups excluding tert-OH is 2. The Morgan fingerprint density at radius 1 is 1.58 bits per heavy atom. The van der Waals surface area contributed by atoms with Crippen molar-refractivity contribution in [2.24, 2.45) is 11.8 Å². The summed E-state index contributed by atoms with van der Waals surface area (Å²) in [5.41, 5.74) is 0.951. The molecule has 1 aliphatic carbocycles. The second-order valence-corrected chi connectivity index (χ2v) is 3.52. The van der Waals surface area contributed by atoms with Crippen molar-refractivity contribution >= 4 is 0 Å². The molecule has 3 heteroatoms. The number of rotatable bonds is 1. The first-order valence-electron chi connectivity index (χ1n) is 4.40. The van der Waals surface area contributed by atoms with E-state index >= 15 is 0 Å². The van der Waals surface area contributed by atoms with E-state index in [4.69, 9.17) is 9.84 Å². The third kappa shape index (κ3) is 1.18. The van der Waals surface area contributed by atoms with E-state index < -0.39 is 0 Å². The topological polar surface area (TPSA) is 49.7 Å². The van der Waals surface area contributed by atoms with Crippen LogP contribution in [0, 0.1) is 11.8 Å². The Hall–Kier alpha value is -0.380. The predicted molar refractivity (Wildman–Crippen MR) is 43.6 cm³/mol. The Bertz CT molecular complexity index is 200. The molecule has 1 fully saturated rings. The van der Waals surface area contributed by atoms with Gasteiger partial charge >= 0.3 is 0 Å². The standard InChI is InChI=1S/C9H14O3/c10-4-6-3-9(11)7-1-2-12-5-8(6)7/h3,7-11H,1-2,4-5H2/t7-,8-,9-/m1/s1. The lowest BCUT2D eigenvalue weighted by molar-refractivity contribution is 0.000635. The minimum Gasteiger partial charge on any atom is -0.392 e. The fraction of sp³-hybridized carbons (Fsp3) is 0.778. The smallest absolute Gasteiger partial charge is 0.0760 e. The third-order valence-corrected chi connectivity index (χ3v) is 2.89. The van der Waals surface area contributed by atoms with Crippen LogP contribution < -0.4 is 0 Å². The van der Waals surface area contributed by atoms with Gasteiger partial charge in [0.15, 0.2) is 0 Å². The summed E-state index contributed by atoms with van der Waals surface area (Å²) in [5, 5.41) is 18.6. The number of aliphatic hydroxyl groups is 2. The Morgan fingerprint density at radius 2 is 2.42 bits per heavy atom. The normalized spacial score (nSPS) is 40.8. The molecule has 0 saturated carbocycles. The lowest BCUT2D eigenvalue weighted by atomic mass is 9.87. The van der Waals surface area contributed by atoms with E-state index in [0.717, 1.165) is 18.6 Å². The average Bonchev–Trinajstić information content (AvgIpc) is 2.44. The van der Waals surface area contributed by atoms with Crippen molar-refractivity contribution in [1.82, 2.24) is 0 Å². The van der Waals surface area contributed by atoms with Crippen LogP contribution in [0.25, 0.3) is 0 Å². The molecule has 3 nitrogen and oxygen atoms in total. The first kappa shape index (κ1) is 8.23. The van der Waals surface area contributed by atoms with Crippen LogP contribution in [0.2, 0.25) is 0 Å². The molecule has 1 aliphatic heterocycles. The molecule has 68 valence electrons. The van der Waals surface area contributed by atoms with Crippen molar-refractivity contribution in [3.05, 3.63) is 11.6 Å². The third-order valence-electron chi connectivity index (χ3n) is 2.89. The second-order valence-electron chi connectivity index (χ2n) is 3.52. The monoisotopic (exact) mass is 170 g/mol. The molecule has 3 atom stereocenters. The molecule has 2 rings (SSSR count). The van der Waals surface area contributed by atoms with E-state index in [-0.39, 0.29) is 18.6 Å². The first-order chi connectivity index (χ1) is 5.83. The van der Waals surface area contributed by atoms with Crippen LogP contribution in [0.4, 0.5) is 0 Å². The summed E-state index contributed by atoms with van der Waals surface area (Å²) < 4.78 is 5.30. The zero-order valence-electron chi connectivity index (χ0n) is 6.94. The van der Waals surface area contributed by atoms with Gasteiger partial charge in [0.1, 0.15) is 0 Å². The molecular formula is C9H14O3. The summed E-state index contributed by atoms with van der Waals surface area (Å²) >= 11 is 0. The summed E-state index contributed by atoms with van der Waals surface area (Å²) in [7, 11) is 0. The molecular weight excluding hydrogens is 156 g/mol. The molecule has 0 aromatic carbocycles. The first-order valence-corrected chi connectivity index (χ1v) is 4.40. The van der Waals surface area contributed by atoms with Crippen LogP contribution in [0.3, 0.4) is 0 Å². The maximum Gasteiger partial charge on any atom is 0.0760 e. The van der Waals surface area contributed by atoms with Crippen LogP contribution in [-0.4, -0.2) is 36.1 Å². The highest BCUT2D eigenvalue weighted by atomic mass is 16.5. The fourth-order valence-electron chi connectivity index (χ4n) is 2.18. The summed E-state index contributed by atoms with van der Waals surface area (Å²) in [6.45, 7) is 1.46. The highest BCUT2D eigenvalue weighted by Crippen LogP contribution is 2.36. The van der Waals surface area contributed by atoms with E-state index in [9.17, 15) is 5.11 Å². The van der Waals surface area contributed by atoms with E-state index in [1.165, 1.54) is 0 Å². The summed E-state index contributed by atoms with van der Waals surface area (Å²) in [6.07, 6.45) is 2.33. The molecule has 1 heterocycles.